The molecule has 1 fully saturated rings. The molecule has 0 bridgehead atoms. The van der Waals surface area contributed by atoms with Gasteiger partial charge in [-0.1, -0.05) is 18.2 Å². The minimum atomic E-state index is -1.13. The monoisotopic (exact) mass is 232 g/mol. The fourth-order valence-corrected chi connectivity index (χ4v) is 1.98. The Morgan fingerprint density at radius 1 is 1.18 bits per heavy atom. The number of ketones is 1. The Bertz CT molecular complexity index is 416. The molecule has 0 heterocycles. The first-order chi connectivity index (χ1) is 8.16. The minimum Gasteiger partial charge on any atom is -0.326 e. The van der Waals surface area contributed by atoms with Gasteiger partial charge in [-0.3, -0.25) is 9.59 Å². The van der Waals surface area contributed by atoms with Crippen LogP contribution in [0.4, 0.5) is 5.69 Å². The minimum absolute atomic E-state index is 0.0762. The Labute approximate surface area is 99.6 Å². The highest BCUT2D eigenvalue weighted by molar-refractivity contribution is 5.96. The van der Waals surface area contributed by atoms with E-state index in [0.717, 1.165) is 0 Å². The van der Waals surface area contributed by atoms with Gasteiger partial charge in [-0.2, -0.15) is 0 Å². The quantitative estimate of drug-likeness (QED) is 0.844. The predicted molar refractivity (Wildman–Crippen MR) is 61.9 cm³/mol. The van der Waals surface area contributed by atoms with Crippen LogP contribution in [-0.4, -0.2) is 17.8 Å². The van der Waals surface area contributed by atoms with E-state index >= 15 is 0 Å². The first kappa shape index (κ1) is 11.8. The number of hydrogen-bond donors (Lipinski definition) is 1. The van der Waals surface area contributed by atoms with Crippen LogP contribution in [-0.2, 0) is 14.7 Å². The maximum Gasteiger partial charge on any atom is 0.227 e. The number of carbonyl (C=O) groups is 2. The molecule has 0 saturated heterocycles. The van der Waals surface area contributed by atoms with Crippen molar-refractivity contribution < 1.29 is 14.7 Å². The number of rotatable bonds is 2. The number of benzene rings is 1. The summed E-state index contributed by atoms with van der Waals surface area (Å²) >= 11 is 0. The largest absolute Gasteiger partial charge is 0.326 e. The van der Waals surface area contributed by atoms with Crippen molar-refractivity contribution in [2.24, 2.45) is 5.92 Å². The van der Waals surface area contributed by atoms with Crippen LogP contribution in [0.1, 0.15) is 19.3 Å². The molecule has 2 rings (SSSR count). The van der Waals surface area contributed by atoms with Gasteiger partial charge >= 0.3 is 0 Å². The molecule has 0 aromatic heterocycles. The molecule has 1 aliphatic rings. The summed E-state index contributed by atoms with van der Waals surface area (Å²) in [4.78, 5) is 23.1. The van der Waals surface area contributed by atoms with Crippen molar-refractivity contribution in [3.05, 3.63) is 30.3 Å². The molecule has 1 radical (unpaired) electrons. The number of hydrogen-bond acceptors (Lipinski definition) is 2. The topological polar surface area (TPSA) is 66.1 Å². The van der Waals surface area contributed by atoms with Crippen LogP contribution in [0.15, 0.2) is 30.3 Å². The van der Waals surface area contributed by atoms with Gasteiger partial charge in [0.2, 0.25) is 5.91 Å². The second-order valence-corrected chi connectivity index (χ2v) is 4.29. The maximum absolute atomic E-state index is 11.9. The third-order valence-corrected chi connectivity index (χ3v) is 3.00. The lowest BCUT2D eigenvalue weighted by Crippen LogP contribution is -2.34. The van der Waals surface area contributed by atoms with Gasteiger partial charge in [0, 0.05) is 18.0 Å². The number of nitrogens with one attached hydrogen (secondary N) is 1. The molecule has 17 heavy (non-hydrogen) atoms. The standard InChI is InChI=1S/C13H14NO3/c15-11-7-6-9(8-12(11)16)13(17)14-10-4-2-1-3-5-10/h1-5,9,11H,6-8H2,(H,14,17). The van der Waals surface area contributed by atoms with E-state index < -0.39 is 6.10 Å². The molecule has 0 spiro atoms. The smallest absolute Gasteiger partial charge is 0.227 e. The van der Waals surface area contributed by atoms with E-state index in [1.807, 2.05) is 18.2 Å². The summed E-state index contributed by atoms with van der Waals surface area (Å²) in [5, 5.41) is 13.9. The molecule has 1 amide bonds. The summed E-state index contributed by atoms with van der Waals surface area (Å²) in [6.07, 6.45) is -0.285. The van der Waals surface area contributed by atoms with Gasteiger partial charge in [0.15, 0.2) is 11.9 Å². The first-order valence-electron chi connectivity index (χ1n) is 5.71. The third kappa shape index (κ3) is 2.91. The van der Waals surface area contributed by atoms with Gasteiger partial charge < -0.3 is 5.32 Å². The number of Topliss-reactive ketones (excluding diaryl/α,β-unsaturated/α-hetero) is 1. The highest BCUT2D eigenvalue weighted by atomic mass is 16.3. The van der Waals surface area contributed by atoms with Crippen molar-refractivity contribution in [2.45, 2.75) is 25.4 Å². The number of anilines is 1. The van der Waals surface area contributed by atoms with Crippen LogP contribution in [0, 0.1) is 5.92 Å². The Morgan fingerprint density at radius 3 is 2.53 bits per heavy atom. The van der Waals surface area contributed by atoms with Gasteiger partial charge in [-0.15, -0.1) is 0 Å². The fraction of sp³-hybridized carbons (Fsp3) is 0.385. The Hall–Kier alpha value is -1.68. The molecular weight excluding hydrogens is 218 g/mol. The van der Waals surface area contributed by atoms with Crippen molar-refractivity contribution in [1.29, 1.82) is 0 Å². The SMILES string of the molecule is [O]C1CCC(C(=O)Nc2ccccc2)CC1=O. The van der Waals surface area contributed by atoms with E-state index in [-0.39, 0.29) is 30.4 Å². The predicted octanol–water partition coefficient (Wildman–Crippen LogP) is 1.79. The summed E-state index contributed by atoms with van der Waals surface area (Å²) in [5.74, 6) is -0.867. The molecule has 2 atom stereocenters. The second-order valence-electron chi connectivity index (χ2n) is 4.29. The van der Waals surface area contributed by atoms with Gasteiger partial charge in [0.25, 0.3) is 0 Å². The third-order valence-electron chi connectivity index (χ3n) is 3.00. The number of carbonyl (C=O) groups excluding carboxylic acids is 2. The zero-order valence-electron chi connectivity index (χ0n) is 9.39. The molecule has 0 aliphatic heterocycles. The lowest BCUT2D eigenvalue weighted by molar-refractivity contribution is -0.138. The zero-order chi connectivity index (χ0) is 12.3. The van der Waals surface area contributed by atoms with Gasteiger partial charge in [-0.25, -0.2) is 5.11 Å². The summed E-state index contributed by atoms with van der Waals surface area (Å²) in [6.45, 7) is 0. The van der Waals surface area contributed by atoms with Crippen molar-refractivity contribution in [1.82, 2.24) is 0 Å². The normalized spacial score (nSPS) is 24.4. The average Bonchev–Trinajstić information content (AvgIpc) is 2.34. The molecule has 89 valence electrons. The Kier molecular flexibility index (Phi) is 3.54. The maximum atomic E-state index is 11.9. The van der Waals surface area contributed by atoms with Gasteiger partial charge in [0.1, 0.15) is 0 Å². The zero-order valence-corrected chi connectivity index (χ0v) is 9.39. The summed E-state index contributed by atoms with van der Waals surface area (Å²) in [7, 11) is 0. The van der Waals surface area contributed by atoms with E-state index in [2.05, 4.69) is 5.32 Å². The van der Waals surface area contributed by atoms with Crippen molar-refractivity contribution in [3.63, 3.8) is 0 Å². The van der Waals surface area contributed by atoms with Gasteiger partial charge in [-0.05, 0) is 25.0 Å². The van der Waals surface area contributed by atoms with E-state index in [4.69, 9.17) is 0 Å². The van der Waals surface area contributed by atoms with E-state index in [9.17, 15) is 14.7 Å². The molecule has 1 N–H and O–H groups in total. The van der Waals surface area contributed by atoms with E-state index in [1.54, 1.807) is 12.1 Å². The Balaban J connectivity index is 1.95. The van der Waals surface area contributed by atoms with Crippen molar-refractivity contribution >= 4 is 17.4 Å². The molecule has 1 aromatic carbocycles. The fourth-order valence-electron chi connectivity index (χ4n) is 1.98. The van der Waals surface area contributed by atoms with Crippen LogP contribution in [0.2, 0.25) is 0 Å². The number of amides is 1. The molecule has 4 nitrogen and oxygen atoms in total. The molecule has 1 aromatic rings. The highest BCUT2D eigenvalue weighted by Gasteiger charge is 2.32. The molecular formula is C13H14NO3. The van der Waals surface area contributed by atoms with Crippen LogP contribution < -0.4 is 5.32 Å². The van der Waals surface area contributed by atoms with E-state index in [1.165, 1.54) is 0 Å². The molecule has 2 unspecified atom stereocenters. The molecule has 1 aliphatic carbocycles. The van der Waals surface area contributed by atoms with Crippen LogP contribution in [0.5, 0.6) is 0 Å². The van der Waals surface area contributed by atoms with Gasteiger partial charge in [0.05, 0.1) is 0 Å². The summed E-state index contributed by atoms with van der Waals surface area (Å²) < 4.78 is 0. The van der Waals surface area contributed by atoms with Crippen molar-refractivity contribution in [2.75, 3.05) is 5.32 Å². The average molecular weight is 232 g/mol. The molecule has 1 saturated carbocycles. The lowest BCUT2D eigenvalue weighted by atomic mass is 9.86. The van der Waals surface area contributed by atoms with E-state index in [0.29, 0.717) is 12.1 Å². The summed E-state index contributed by atoms with van der Waals surface area (Å²) in [6, 6.07) is 9.10. The van der Waals surface area contributed by atoms with Crippen LogP contribution >= 0.6 is 0 Å². The second kappa shape index (κ2) is 5.10. The Morgan fingerprint density at radius 2 is 1.88 bits per heavy atom. The highest BCUT2D eigenvalue weighted by Crippen LogP contribution is 2.23. The summed E-state index contributed by atoms with van der Waals surface area (Å²) in [5.41, 5.74) is 0.717. The lowest BCUT2D eigenvalue weighted by Gasteiger charge is -2.22. The number of para-hydroxylation sites is 1. The van der Waals surface area contributed by atoms with Crippen LogP contribution in [0.3, 0.4) is 0 Å². The van der Waals surface area contributed by atoms with Crippen LogP contribution in [0.25, 0.3) is 0 Å². The molecule has 4 heteroatoms. The van der Waals surface area contributed by atoms with Crippen molar-refractivity contribution in [3.8, 4) is 0 Å². The first-order valence-corrected chi connectivity index (χ1v) is 5.71.